The van der Waals surface area contributed by atoms with E-state index in [1.807, 2.05) is 18.2 Å². The molecule has 1 heterocycles. The Balaban J connectivity index is 1.48. The van der Waals surface area contributed by atoms with Gasteiger partial charge in [-0.3, -0.25) is 9.59 Å². The number of carbonyl (C=O) groups is 2. The summed E-state index contributed by atoms with van der Waals surface area (Å²) < 4.78 is 0. The minimum absolute atomic E-state index is 0.0727. The summed E-state index contributed by atoms with van der Waals surface area (Å²) in [5, 5.41) is 2.87. The molecular weight excluding hydrogens is 262 g/mol. The molecule has 3 nitrogen and oxygen atoms in total. The number of carbonyl (C=O) groups excluding carboxylic acids is 2. The number of rotatable bonds is 3. The zero-order chi connectivity index (χ0) is 14.4. The van der Waals surface area contributed by atoms with Gasteiger partial charge in [0.25, 0.3) is 0 Å². The van der Waals surface area contributed by atoms with Gasteiger partial charge in [-0.2, -0.15) is 0 Å². The molecule has 4 rings (SSSR count). The van der Waals surface area contributed by atoms with Crippen molar-refractivity contribution in [3.05, 3.63) is 29.3 Å². The van der Waals surface area contributed by atoms with E-state index in [-0.39, 0.29) is 11.7 Å². The van der Waals surface area contributed by atoms with Gasteiger partial charge < -0.3 is 5.32 Å². The Morgan fingerprint density at radius 3 is 2.86 bits per heavy atom. The highest BCUT2D eigenvalue weighted by atomic mass is 16.1. The lowest BCUT2D eigenvalue weighted by atomic mass is 9.84. The van der Waals surface area contributed by atoms with E-state index in [4.69, 9.17) is 0 Å². The molecule has 3 atom stereocenters. The van der Waals surface area contributed by atoms with E-state index in [1.54, 1.807) is 0 Å². The largest absolute Gasteiger partial charge is 0.326 e. The van der Waals surface area contributed by atoms with E-state index in [0.717, 1.165) is 35.1 Å². The van der Waals surface area contributed by atoms with Gasteiger partial charge >= 0.3 is 0 Å². The van der Waals surface area contributed by atoms with Gasteiger partial charge in [0.15, 0.2) is 5.78 Å². The number of nitrogens with one attached hydrogen (secondary N) is 1. The van der Waals surface area contributed by atoms with E-state index in [2.05, 4.69) is 5.32 Å². The topological polar surface area (TPSA) is 46.2 Å². The first kappa shape index (κ1) is 13.1. The smallest absolute Gasteiger partial charge is 0.224 e. The van der Waals surface area contributed by atoms with Crippen molar-refractivity contribution in [2.45, 2.75) is 44.9 Å². The van der Waals surface area contributed by atoms with E-state index in [1.165, 1.54) is 25.7 Å². The van der Waals surface area contributed by atoms with Crippen LogP contribution in [0, 0.1) is 17.8 Å². The van der Waals surface area contributed by atoms with Crippen molar-refractivity contribution in [1.29, 1.82) is 0 Å². The van der Waals surface area contributed by atoms with Crippen LogP contribution in [0.15, 0.2) is 18.2 Å². The summed E-state index contributed by atoms with van der Waals surface area (Å²) in [5.74, 6) is 2.67. The Bertz CT molecular complexity index is 607. The number of aryl methyl sites for hydroxylation is 1. The van der Waals surface area contributed by atoms with Gasteiger partial charge in [0, 0.05) is 24.1 Å². The highest BCUT2D eigenvalue weighted by Gasteiger charge is 2.40. The Morgan fingerprint density at radius 1 is 1.19 bits per heavy atom. The van der Waals surface area contributed by atoms with Crippen LogP contribution in [0.4, 0.5) is 5.69 Å². The van der Waals surface area contributed by atoms with E-state index in [0.29, 0.717) is 18.8 Å². The van der Waals surface area contributed by atoms with Crippen LogP contribution in [-0.4, -0.2) is 11.7 Å². The van der Waals surface area contributed by atoms with Gasteiger partial charge in [-0.15, -0.1) is 0 Å². The summed E-state index contributed by atoms with van der Waals surface area (Å²) in [6.45, 7) is 0. The molecule has 2 saturated carbocycles. The lowest BCUT2D eigenvalue weighted by Gasteiger charge is -2.21. The fourth-order valence-corrected chi connectivity index (χ4v) is 4.54. The molecule has 0 saturated heterocycles. The second-order valence-corrected chi connectivity index (χ2v) is 6.98. The van der Waals surface area contributed by atoms with Gasteiger partial charge in [-0.1, -0.05) is 6.42 Å². The van der Waals surface area contributed by atoms with Crippen molar-refractivity contribution < 1.29 is 9.59 Å². The van der Waals surface area contributed by atoms with Crippen LogP contribution in [-0.2, 0) is 11.2 Å². The molecule has 0 radical (unpaired) electrons. The molecule has 1 aliphatic heterocycles. The maximum absolute atomic E-state index is 12.5. The maximum atomic E-state index is 12.5. The van der Waals surface area contributed by atoms with Gasteiger partial charge in [-0.25, -0.2) is 0 Å². The molecule has 110 valence electrons. The third-order valence-corrected chi connectivity index (χ3v) is 5.65. The molecule has 3 aliphatic rings. The van der Waals surface area contributed by atoms with Crippen LogP contribution in [0.5, 0.6) is 0 Å². The molecule has 2 bridgehead atoms. The predicted octanol–water partition coefficient (Wildman–Crippen LogP) is 3.58. The lowest BCUT2D eigenvalue weighted by molar-refractivity contribution is -0.116. The Labute approximate surface area is 125 Å². The van der Waals surface area contributed by atoms with Crippen molar-refractivity contribution in [1.82, 2.24) is 0 Å². The summed E-state index contributed by atoms with van der Waals surface area (Å²) in [6.07, 6.45) is 7.32. The number of Topliss-reactive ketones (excluding diaryl/α,β-unsaturated/α-hetero) is 1. The molecule has 3 unspecified atom stereocenters. The SMILES string of the molecule is O=C1CCc2cc(C(=O)CC3CC4CCC3C4)ccc2N1. The highest BCUT2D eigenvalue weighted by Crippen LogP contribution is 2.49. The summed E-state index contributed by atoms with van der Waals surface area (Å²) in [6, 6.07) is 5.75. The molecule has 0 aromatic heterocycles. The maximum Gasteiger partial charge on any atom is 0.224 e. The minimum Gasteiger partial charge on any atom is -0.326 e. The van der Waals surface area contributed by atoms with Crippen LogP contribution in [0.3, 0.4) is 0 Å². The van der Waals surface area contributed by atoms with Crippen LogP contribution in [0.25, 0.3) is 0 Å². The predicted molar refractivity (Wildman–Crippen MR) is 81.3 cm³/mol. The van der Waals surface area contributed by atoms with Crippen molar-refractivity contribution in [2.75, 3.05) is 5.32 Å². The van der Waals surface area contributed by atoms with Crippen LogP contribution in [0.2, 0.25) is 0 Å². The van der Waals surface area contributed by atoms with Crippen LogP contribution < -0.4 is 5.32 Å². The third-order valence-electron chi connectivity index (χ3n) is 5.65. The van der Waals surface area contributed by atoms with E-state index >= 15 is 0 Å². The minimum atomic E-state index is 0.0727. The lowest BCUT2D eigenvalue weighted by Crippen LogP contribution is -2.20. The fraction of sp³-hybridized carbons (Fsp3) is 0.556. The molecule has 1 aromatic rings. The van der Waals surface area contributed by atoms with Crippen LogP contribution >= 0.6 is 0 Å². The summed E-state index contributed by atoms with van der Waals surface area (Å²) in [4.78, 5) is 23.9. The third kappa shape index (κ3) is 2.39. The summed E-state index contributed by atoms with van der Waals surface area (Å²) >= 11 is 0. The monoisotopic (exact) mass is 283 g/mol. The first-order valence-electron chi connectivity index (χ1n) is 8.15. The first-order chi connectivity index (χ1) is 10.2. The molecular formula is C18H21NO2. The molecule has 2 fully saturated rings. The molecule has 1 amide bonds. The zero-order valence-corrected chi connectivity index (χ0v) is 12.2. The fourth-order valence-electron chi connectivity index (χ4n) is 4.54. The Kier molecular flexibility index (Phi) is 3.09. The van der Waals surface area contributed by atoms with Gasteiger partial charge in [0.2, 0.25) is 5.91 Å². The number of amides is 1. The van der Waals surface area contributed by atoms with E-state index < -0.39 is 0 Å². The highest BCUT2D eigenvalue weighted by molar-refractivity contribution is 5.99. The summed E-state index contributed by atoms with van der Waals surface area (Å²) in [7, 11) is 0. The number of anilines is 1. The molecule has 3 heteroatoms. The van der Waals surface area contributed by atoms with Crippen molar-refractivity contribution in [3.8, 4) is 0 Å². The van der Waals surface area contributed by atoms with Gasteiger partial charge in [-0.05, 0) is 67.2 Å². The van der Waals surface area contributed by atoms with Crippen molar-refractivity contribution in [2.24, 2.45) is 17.8 Å². The molecule has 21 heavy (non-hydrogen) atoms. The number of ketones is 1. The first-order valence-corrected chi connectivity index (χ1v) is 8.15. The molecule has 2 aliphatic carbocycles. The quantitative estimate of drug-likeness (QED) is 0.862. The number of hydrogen-bond donors (Lipinski definition) is 1. The molecule has 0 spiro atoms. The van der Waals surface area contributed by atoms with Crippen molar-refractivity contribution >= 4 is 17.4 Å². The summed E-state index contributed by atoms with van der Waals surface area (Å²) in [5.41, 5.74) is 2.81. The Morgan fingerprint density at radius 2 is 2.10 bits per heavy atom. The average molecular weight is 283 g/mol. The van der Waals surface area contributed by atoms with Gasteiger partial charge in [0.1, 0.15) is 0 Å². The second-order valence-electron chi connectivity index (χ2n) is 6.98. The average Bonchev–Trinajstić information content (AvgIpc) is 3.09. The number of fused-ring (bicyclic) bond motifs is 3. The second kappa shape index (κ2) is 4.97. The van der Waals surface area contributed by atoms with Crippen molar-refractivity contribution in [3.63, 3.8) is 0 Å². The molecule has 1 aromatic carbocycles. The van der Waals surface area contributed by atoms with Crippen LogP contribution in [0.1, 0.15) is 54.4 Å². The Hall–Kier alpha value is -1.64. The van der Waals surface area contributed by atoms with E-state index in [9.17, 15) is 9.59 Å². The standard InChI is InChI=1S/C18H21NO2/c20-17(10-15-8-11-1-2-12(15)7-11)14-3-5-16-13(9-14)4-6-18(21)19-16/h3,5,9,11-12,15H,1-2,4,6-8,10H2,(H,19,21). The number of benzene rings is 1. The number of hydrogen-bond acceptors (Lipinski definition) is 2. The molecule has 1 N–H and O–H groups in total. The van der Waals surface area contributed by atoms with Gasteiger partial charge in [0.05, 0.1) is 0 Å². The zero-order valence-electron chi connectivity index (χ0n) is 12.2. The normalized spacial score (nSPS) is 30.1.